The fourth-order valence-electron chi connectivity index (χ4n) is 8.68. The summed E-state index contributed by atoms with van der Waals surface area (Å²) in [5, 5.41) is 0.243. The molecule has 6 rings (SSSR count). The molecule has 3 aliphatic rings. The molecule has 3 fully saturated rings. The van der Waals surface area contributed by atoms with Crippen LogP contribution in [0.4, 0.5) is 0 Å². The van der Waals surface area contributed by atoms with Gasteiger partial charge in [-0.25, -0.2) is 13.1 Å². The van der Waals surface area contributed by atoms with Crippen LogP contribution in [0.2, 0.25) is 0 Å². The molecular weight excluding hydrogens is 665 g/mol. The predicted molar refractivity (Wildman–Crippen MR) is 200 cm³/mol. The van der Waals surface area contributed by atoms with Crippen LogP contribution in [-0.4, -0.2) is 79.5 Å². The van der Waals surface area contributed by atoms with Gasteiger partial charge in [-0.05, 0) is 114 Å². The Hall–Kier alpha value is -3.86. The minimum Gasteiger partial charge on any atom is -0.497 e. The number of aryl methyl sites for hydroxylation is 1. The molecule has 51 heavy (non-hydrogen) atoms. The fraction of sp³-hybridized carbons (Fsp3) is 0.575. The van der Waals surface area contributed by atoms with Gasteiger partial charge in [0.25, 0.3) is 5.91 Å². The first-order chi connectivity index (χ1) is 24.1. The summed E-state index contributed by atoms with van der Waals surface area (Å²) in [4.78, 5) is 45.1. The van der Waals surface area contributed by atoms with Gasteiger partial charge in [-0.1, -0.05) is 25.3 Å². The Balaban J connectivity index is 1.51. The van der Waals surface area contributed by atoms with Crippen LogP contribution in [0.3, 0.4) is 0 Å². The van der Waals surface area contributed by atoms with Gasteiger partial charge in [-0.3, -0.25) is 14.4 Å². The number of ether oxygens (including phenoxy) is 1. The van der Waals surface area contributed by atoms with Crippen LogP contribution in [0.25, 0.3) is 22.2 Å². The van der Waals surface area contributed by atoms with E-state index in [0.717, 1.165) is 78.4 Å². The van der Waals surface area contributed by atoms with E-state index in [1.807, 2.05) is 44.0 Å². The summed E-state index contributed by atoms with van der Waals surface area (Å²) in [6.07, 6.45) is 7.86. The zero-order valence-electron chi connectivity index (χ0n) is 31.3. The summed E-state index contributed by atoms with van der Waals surface area (Å²) < 4.78 is 35.5. The molecule has 1 aromatic heterocycles. The first kappa shape index (κ1) is 36.9. The molecule has 1 aliphatic carbocycles. The molecule has 1 unspecified atom stereocenters. The van der Waals surface area contributed by atoms with E-state index in [9.17, 15) is 22.8 Å². The maximum atomic E-state index is 14.6. The monoisotopic (exact) mass is 718 g/mol. The quantitative estimate of drug-likeness (QED) is 0.265. The zero-order valence-corrected chi connectivity index (χ0v) is 32.1. The van der Waals surface area contributed by atoms with Crippen molar-refractivity contribution in [2.24, 2.45) is 10.8 Å². The van der Waals surface area contributed by atoms with Crippen molar-refractivity contribution in [1.29, 1.82) is 0 Å². The molecule has 3 amide bonds. The summed E-state index contributed by atoms with van der Waals surface area (Å²) in [6, 6.07) is 11.5. The Kier molecular flexibility index (Phi) is 10.1. The fourth-order valence-corrected chi connectivity index (χ4v) is 9.29. The first-order valence-corrected chi connectivity index (χ1v) is 20.1. The molecule has 1 spiro atoms. The van der Waals surface area contributed by atoms with Crippen LogP contribution in [-0.2, 0) is 26.2 Å². The molecule has 3 aromatic rings. The van der Waals surface area contributed by atoms with Crippen molar-refractivity contribution in [3.8, 4) is 17.0 Å². The van der Waals surface area contributed by atoms with Crippen LogP contribution in [0.15, 0.2) is 36.4 Å². The largest absolute Gasteiger partial charge is 0.497 e. The highest BCUT2D eigenvalue weighted by molar-refractivity contribution is 7.90. The number of aromatic nitrogens is 1. The Labute approximate surface area is 302 Å². The lowest BCUT2D eigenvalue weighted by Gasteiger charge is -2.42. The molecule has 2 saturated heterocycles. The second-order valence-electron chi connectivity index (χ2n) is 16.1. The first-order valence-electron chi connectivity index (χ1n) is 18.5. The van der Waals surface area contributed by atoms with Gasteiger partial charge in [-0.15, -0.1) is 0 Å². The lowest BCUT2D eigenvalue weighted by Crippen LogP contribution is -2.53. The van der Waals surface area contributed by atoms with Gasteiger partial charge < -0.3 is 19.1 Å². The number of carbonyl (C=O) groups is 3. The van der Waals surface area contributed by atoms with Crippen LogP contribution in [0.1, 0.15) is 106 Å². The van der Waals surface area contributed by atoms with Gasteiger partial charge in [0.15, 0.2) is 0 Å². The molecule has 11 heteroatoms. The molecular formula is C40H54N4O6S. The third-order valence-corrected chi connectivity index (χ3v) is 13.4. The van der Waals surface area contributed by atoms with Crippen molar-refractivity contribution in [3.63, 3.8) is 0 Å². The molecule has 10 nitrogen and oxygen atoms in total. The Morgan fingerprint density at radius 1 is 1.02 bits per heavy atom. The van der Waals surface area contributed by atoms with E-state index < -0.39 is 32.0 Å². The van der Waals surface area contributed by atoms with Crippen molar-refractivity contribution in [3.05, 3.63) is 53.1 Å². The van der Waals surface area contributed by atoms with Crippen LogP contribution in [0, 0.1) is 17.8 Å². The van der Waals surface area contributed by atoms with Crippen LogP contribution in [0.5, 0.6) is 5.75 Å². The molecule has 2 aliphatic heterocycles. The van der Waals surface area contributed by atoms with E-state index in [0.29, 0.717) is 26.2 Å². The standard InChI is InChI=1S/C40H54N4O6S/c1-26(2)51(48,49)41-36(45)29-14-16-32-33(23-29)44(24-39(4,5)37(46)43-20-11-18-40(25-43)19-21-42(6)38(40)47)35(34(32)28-12-9-8-10-13-28)31-17-15-30(50-7)22-27(31)3/h14-17,22-23,26,28H,8-13,18-21,24-25H2,1-7H3,(H,41,45). The van der Waals surface area contributed by atoms with Crippen molar-refractivity contribution < 1.29 is 27.5 Å². The summed E-state index contributed by atoms with van der Waals surface area (Å²) in [5.41, 5.74) is 3.92. The molecule has 2 aromatic carbocycles. The average Bonchev–Trinajstić information content (AvgIpc) is 3.55. The number of fused-ring (bicyclic) bond motifs is 1. The van der Waals surface area contributed by atoms with Crippen molar-refractivity contribution in [1.82, 2.24) is 19.1 Å². The SMILES string of the molecule is COc1ccc(-c2c(C3CCCCC3)c3ccc(C(=O)NS(=O)(=O)C(C)C)cc3n2CC(C)(C)C(=O)N2CCCC3(CCN(C)C3=O)C2)c(C)c1. The van der Waals surface area contributed by atoms with E-state index in [4.69, 9.17) is 4.74 Å². The van der Waals surface area contributed by atoms with Gasteiger partial charge >= 0.3 is 0 Å². The van der Waals surface area contributed by atoms with Crippen molar-refractivity contribution >= 4 is 38.6 Å². The Morgan fingerprint density at radius 2 is 1.75 bits per heavy atom. The topological polar surface area (TPSA) is 118 Å². The number of likely N-dealkylation sites (tertiary alicyclic amines) is 2. The third-order valence-electron chi connectivity index (χ3n) is 11.6. The van der Waals surface area contributed by atoms with E-state index >= 15 is 0 Å². The summed E-state index contributed by atoms with van der Waals surface area (Å²) in [5.74, 6) is 0.490. The van der Waals surface area contributed by atoms with Crippen molar-refractivity contribution in [2.45, 2.75) is 104 Å². The summed E-state index contributed by atoms with van der Waals surface area (Å²) >= 11 is 0. The number of nitrogens with zero attached hydrogens (tertiary/aromatic N) is 3. The molecule has 1 atom stereocenters. The number of benzene rings is 2. The predicted octanol–water partition coefficient (Wildman–Crippen LogP) is 6.64. The number of rotatable bonds is 9. The number of sulfonamides is 1. The number of hydrogen-bond donors (Lipinski definition) is 1. The summed E-state index contributed by atoms with van der Waals surface area (Å²) in [7, 11) is -0.350. The Bertz CT molecular complexity index is 1950. The zero-order chi connectivity index (χ0) is 36.9. The maximum absolute atomic E-state index is 14.6. The van der Waals surface area contributed by atoms with E-state index in [1.165, 1.54) is 25.8 Å². The van der Waals surface area contributed by atoms with Gasteiger partial charge in [0.1, 0.15) is 5.75 Å². The molecule has 0 radical (unpaired) electrons. The Morgan fingerprint density at radius 3 is 2.37 bits per heavy atom. The van der Waals surface area contributed by atoms with E-state index in [2.05, 4.69) is 22.3 Å². The number of amides is 3. The number of piperidine rings is 1. The number of nitrogens with one attached hydrogen (secondary N) is 1. The number of methoxy groups -OCH3 is 1. The smallest absolute Gasteiger partial charge is 0.264 e. The summed E-state index contributed by atoms with van der Waals surface area (Å²) in [6.45, 7) is 11.2. The van der Waals surface area contributed by atoms with Gasteiger partial charge in [0.2, 0.25) is 21.8 Å². The highest BCUT2D eigenvalue weighted by atomic mass is 32.2. The number of hydrogen-bond acceptors (Lipinski definition) is 6. The minimum absolute atomic E-state index is 0.000628. The average molecular weight is 719 g/mol. The molecule has 276 valence electrons. The second-order valence-corrected chi connectivity index (χ2v) is 18.3. The van der Waals surface area contributed by atoms with Gasteiger partial charge in [0, 0.05) is 55.3 Å². The van der Waals surface area contributed by atoms with Crippen LogP contribution < -0.4 is 9.46 Å². The second kappa shape index (κ2) is 13.9. The lowest BCUT2D eigenvalue weighted by atomic mass is 9.77. The van der Waals surface area contributed by atoms with E-state index in [-0.39, 0.29) is 23.3 Å². The van der Waals surface area contributed by atoms with Crippen molar-refractivity contribution in [2.75, 3.05) is 33.8 Å². The molecule has 1 N–H and O–H groups in total. The highest BCUT2D eigenvalue weighted by Gasteiger charge is 2.50. The normalized spacial score (nSPS) is 20.5. The minimum atomic E-state index is -3.85. The number of carbonyl (C=O) groups excluding carboxylic acids is 3. The van der Waals surface area contributed by atoms with Gasteiger partial charge in [0.05, 0.1) is 28.9 Å². The third kappa shape index (κ3) is 6.90. The van der Waals surface area contributed by atoms with E-state index in [1.54, 1.807) is 24.1 Å². The maximum Gasteiger partial charge on any atom is 0.264 e. The molecule has 0 bridgehead atoms. The molecule has 3 heterocycles. The molecule has 1 saturated carbocycles. The van der Waals surface area contributed by atoms with Gasteiger partial charge in [-0.2, -0.15) is 0 Å². The van der Waals surface area contributed by atoms with Crippen LogP contribution >= 0.6 is 0 Å². The highest BCUT2D eigenvalue weighted by Crippen LogP contribution is 2.47. The lowest BCUT2D eigenvalue weighted by molar-refractivity contribution is -0.148.